The molecule has 0 fully saturated rings. The lowest BCUT2D eigenvalue weighted by Gasteiger charge is -2.00. The van der Waals surface area contributed by atoms with Gasteiger partial charge in [-0.3, -0.25) is 4.79 Å². The maximum atomic E-state index is 11.2. The van der Waals surface area contributed by atoms with Crippen LogP contribution >= 0.6 is 0 Å². The molecule has 2 aromatic rings. The molecule has 0 amide bonds. The molecular weight excluding hydrogens is 162 g/mol. The molecule has 0 aliphatic carbocycles. The molecule has 0 radical (unpaired) electrons. The molecule has 0 aliphatic rings. The van der Waals surface area contributed by atoms with Crippen LogP contribution in [0.1, 0.15) is 5.69 Å². The summed E-state index contributed by atoms with van der Waals surface area (Å²) in [6, 6.07) is 9.31. The van der Waals surface area contributed by atoms with E-state index in [9.17, 15) is 4.79 Å². The standard InChI is InChI=1S/C11H9NO/c1-2-10-9-6-4-3-5-8(9)7-11(13)12-10/h2-7H,1H2,(H,12,13). The minimum Gasteiger partial charge on any atom is -0.322 e. The molecule has 0 bridgehead atoms. The third-order valence-corrected chi connectivity index (χ3v) is 2.00. The maximum absolute atomic E-state index is 11.2. The Labute approximate surface area is 75.5 Å². The highest BCUT2D eigenvalue weighted by Gasteiger charge is 1.97. The van der Waals surface area contributed by atoms with E-state index in [1.54, 1.807) is 12.1 Å². The van der Waals surface area contributed by atoms with Crippen molar-refractivity contribution in [2.24, 2.45) is 0 Å². The van der Waals surface area contributed by atoms with Gasteiger partial charge in [-0.15, -0.1) is 0 Å². The summed E-state index contributed by atoms with van der Waals surface area (Å²) in [7, 11) is 0. The number of rotatable bonds is 1. The van der Waals surface area contributed by atoms with Crippen molar-refractivity contribution in [3.05, 3.63) is 53.0 Å². The Morgan fingerprint density at radius 2 is 2.08 bits per heavy atom. The van der Waals surface area contributed by atoms with Crippen molar-refractivity contribution in [1.29, 1.82) is 0 Å². The summed E-state index contributed by atoms with van der Waals surface area (Å²) >= 11 is 0. The monoisotopic (exact) mass is 171 g/mol. The quantitative estimate of drug-likeness (QED) is 0.700. The number of hydrogen-bond donors (Lipinski definition) is 1. The molecule has 64 valence electrons. The van der Waals surface area contributed by atoms with Crippen molar-refractivity contribution in [3.8, 4) is 0 Å². The Morgan fingerprint density at radius 1 is 1.31 bits per heavy atom. The van der Waals surface area contributed by atoms with Crippen LogP contribution in [0.4, 0.5) is 0 Å². The molecule has 2 nitrogen and oxygen atoms in total. The minimum atomic E-state index is -0.0893. The molecule has 2 rings (SSSR count). The number of fused-ring (bicyclic) bond motifs is 1. The molecule has 0 unspecified atom stereocenters. The van der Waals surface area contributed by atoms with E-state index in [1.165, 1.54) is 0 Å². The van der Waals surface area contributed by atoms with Crippen LogP contribution < -0.4 is 5.56 Å². The first kappa shape index (κ1) is 7.80. The van der Waals surface area contributed by atoms with Crippen molar-refractivity contribution < 1.29 is 0 Å². The number of benzene rings is 1. The Morgan fingerprint density at radius 3 is 2.85 bits per heavy atom. The zero-order chi connectivity index (χ0) is 9.26. The summed E-state index contributed by atoms with van der Waals surface area (Å²) in [5, 5.41) is 1.97. The number of aromatic amines is 1. The van der Waals surface area contributed by atoms with E-state index < -0.39 is 0 Å². The highest BCUT2D eigenvalue weighted by atomic mass is 16.1. The van der Waals surface area contributed by atoms with E-state index >= 15 is 0 Å². The van der Waals surface area contributed by atoms with E-state index in [1.807, 2.05) is 24.3 Å². The normalized spacial score (nSPS) is 10.2. The Balaban J connectivity index is 2.97. The Hall–Kier alpha value is -1.83. The van der Waals surface area contributed by atoms with Gasteiger partial charge in [-0.25, -0.2) is 0 Å². The van der Waals surface area contributed by atoms with E-state index in [0.717, 1.165) is 16.5 Å². The Bertz CT molecular complexity index is 511. The molecule has 0 aliphatic heterocycles. The van der Waals surface area contributed by atoms with Crippen molar-refractivity contribution in [1.82, 2.24) is 4.98 Å². The van der Waals surface area contributed by atoms with Gasteiger partial charge in [0.15, 0.2) is 0 Å². The van der Waals surface area contributed by atoms with Gasteiger partial charge in [0.2, 0.25) is 5.56 Å². The molecule has 0 saturated heterocycles. The van der Waals surface area contributed by atoms with E-state index in [0.29, 0.717) is 0 Å². The molecule has 1 heterocycles. The molecule has 13 heavy (non-hydrogen) atoms. The average molecular weight is 171 g/mol. The largest absolute Gasteiger partial charge is 0.322 e. The number of pyridine rings is 1. The summed E-state index contributed by atoms with van der Waals surface area (Å²) < 4.78 is 0. The fraction of sp³-hybridized carbons (Fsp3) is 0. The lowest BCUT2D eigenvalue weighted by Crippen LogP contribution is -2.05. The summed E-state index contributed by atoms with van der Waals surface area (Å²) in [6.07, 6.45) is 1.66. The van der Waals surface area contributed by atoms with Crippen molar-refractivity contribution in [2.75, 3.05) is 0 Å². The molecule has 0 atom stereocenters. The lowest BCUT2D eigenvalue weighted by molar-refractivity contribution is 1.24. The second kappa shape index (κ2) is 2.90. The Kier molecular flexibility index (Phi) is 1.74. The van der Waals surface area contributed by atoms with Crippen LogP contribution in [0.5, 0.6) is 0 Å². The van der Waals surface area contributed by atoms with Crippen molar-refractivity contribution in [3.63, 3.8) is 0 Å². The average Bonchev–Trinajstić information content (AvgIpc) is 2.16. The third-order valence-electron chi connectivity index (χ3n) is 2.00. The molecule has 1 aromatic carbocycles. The predicted molar refractivity (Wildman–Crippen MR) is 54.7 cm³/mol. The van der Waals surface area contributed by atoms with Crippen LogP contribution in [-0.4, -0.2) is 4.98 Å². The van der Waals surface area contributed by atoms with Gasteiger partial charge in [-0.05, 0) is 11.5 Å². The molecule has 1 aromatic heterocycles. The molecule has 0 spiro atoms. The predicted octanol–water partition coefficient (Wildman–Crippen LogP) is 2.17. The van der Waals surface area contributed by atoms with Crippen LogP contribution in [0.2, 0.25) is 0 Å². The second-order valence-electron chi connectivity index (χ2n) is 2.84. The molecule has 0 saturated carbocycles. The number of H-pyrrole nitrogens is 1. The van der Waals surface area contributed by atoms with Gasteiger partial charge in [0.05, 0.1) is 0 Å². The first-order chi connectivity index (χ1) is 6.31. The lowest BCUT2D eigenvalue weighted by atomic mass is 10.1. The summed E-state index contributed by atoms with van der Waals surface area (Å²) in [5.74, 6) is 0. The van der Waals surface area contributed by atoms with E-state index in [2.05, 4.69) is 11.6 Å². The number of hydrogen-bond acceptors (Lipinski definition) is 1. The first-order valence-electron chi connectivity index (χ1n) is 4.06. The third kappa shape index (κ3) is 1.26. The van der Waals surface area contributed by atoms with Crippen molar-refractivity contribution >= 4 is 16.8 Å². The number of nitrogens with one attached hydrogen (secondary N) is 1. The van der Waals surface area contributed by atoms with Crippen LogP contribution in [0, 0.1) is 0 Å². The maximum Gasteiger partial charge on any atom is 0.249 e. The van der Waals surface area contributed by atoms with Crippen LogP contribution in [0.3, 0.4) is 0 Å². The van der Waals surface area contributed by atoms with E-state index in [-0.39, 0.29) is 5.56 Å². The molecular formula is C11H9NO. The fourth-order valence-electron chi connectivity index (χ4n) is 1.41. The van der Waals surface area contributed by atoms with Crippen LogP contribution in [0.15, 0.2) is 41.7 Å². The zero-order valence-electron chi connectivity index (χ0n) is 7.08. The van der Waals surface area contributed by atoms with Crippen LogP contribution in [0.25, 0.3) is 16.8 Å². The smallest absolute Gasteiger partial charge is 0.249 e. The summed E-state index contributed by atoms with van der Waals surface area (Å²) in [6.45, 7) is 3.65. The van der Waals surface area contributed by atoms with Gasteiger partial charge < -0.3 is 4.98 Å². The topological polar surface area (TPSA) is 32.9 Å². The van der Waals surface area contributed by atoms with Gasteiger partial charge in [0.1, 0.15) is 0 Å². The van der Waals surface area contributed by atoms with Crippen molar-refractivity contribution in [2.45, 2.75) is 0 Å². The molecule has 1 N–H and O–H groups in total. The summed E-state index contributed by atoms with van der Waals surface area (Å²) in [5.41, 5.74) is 0.691. The van der Waals surface area contributed by atoms with E-state index in [4.69, 9.17) is 0 Å². The molecule has 2 heteroatoms. The SMILES string of the molecule is C=Cc1[nH]c(=O)cc2ccccc12. The highest BCUT2D eigenvalue weighted by Crippen LogP contribution is 2.14. The second-order valence-corrected chi connectivity index (χ2v) is 2.84. The van der Waals surface area contributed by atoms with Gasteiger partial charge in [0, 0.05) is 17.1 Å². The minimum absolute atomic E-state index is 0.0893. The fourth-order valence-corrected chi connectivity index (χ4v) is 1.41. The van der Waals surface area contributed by atoms with Gasteiger partial charge >= 0.3 is 0 Å². The van der Waals surface area contributed by atoms with Crippen LogP contribution in [-0.2, 0) is 0 Å². The summed E-state index contributed by atoms with van der Waals surface area (Å²) in [4.78, 5) is 13.9. The zero-order valence-corrected chi connectivity index (χ0v) is 7.08. The first-order valence-corrected chi connectivity index (χ1v) is 4.06. The highest BCUT2D eigenvalue weighted by molar-refractivity contribution is 5.88. The van der Waals surface area contributed by atoms with Gasteiger partial charge in [0.25, 0.3) is 0 Å². The van der Waals surface area contributed by atoms with Gasteiger partial charge in [-0.1, -0.05) is 30.8 Å². The number of aromatic nitrogens is 1. The van der Waals surface area contributed by atoms with Gasteiger partial charge in [-0.2, -0.15) is 0 Å².